The standard InChI is InChI=1S/C26H33N3/c1-6-7-8-22-15-29(20(4)23-13-14-28-17-25(23)28)16-24(26(22)27-5)19(3)21-11-9-18(2)10-12-21/h9-12,22H,3-8,13-17H2,1-2H3. The molecule has 1 aromatic carbocycles. The maximum atomic E-state index is 4.53. The minimum absolute atomic E-state index is 0.387. The number of nitrogens with zero attached hydrogens (tertiary/aromatic N) is 3. The van der Waals surface area contributed by atoms with Crippen molar-refractivity contribution in [2.24, 2.45) is 10.9 Å². The molecule has 1 aromatic rings. The molecule has 0 aromatic heterocycles. The van der Waals surface area contributed by atoms with Crippen LogP contribution >= 0.6 is 0 Å². The van der Waals surface area contributed by atoms with E-state index in [1.54, 1.807) is 0 Å². The molecule has 1 atom stereocenters. The molecule has 0 N–H and O–H groups in total. The minimum Gasteiger partial charge on any atom is -0.367 e. The molecule has 3 heterocycles. The Hall–Kier alpha value is -2.55. The first-order valence-corrected chi connectivity index (χ1v) is 10.9. The van der Waals surface area contributed by atoms with Gasteiger partial charge >= 0.3 is 0 Å². The van der Waals surface area contributed by atoms with E-state index < -0.39 is 0 Å². The Bertz CT molecular complexity index is 900. The quantitative estimate of drug-likeness (QED) is 0.429. The highest BCUT2D eigenvalue weighted by Crippen LogP contribution is 2.42. The third-order valence-corrected chi connectivity index (χ3v) is 6.66. The van der Waals surface area contributed by atoms with Gasteiger partial charge in [0.2, 0.25) is 0 Å². The molecule has 1 saturated heterocycles. The molecule has 1 fully saturated rings. The Morgan fingerprint density at radius 2 is 1.90 bits per heavy atom. The molecule has 1 unspecified atom stereocenters. The van der Waals surface area contributed by atoms with Crippen molar-refractivity contribution in [3.63, 3.8) is 0 Å². The van der Waals surface area contributed by atoms with Gasteiger partial charge in [-0.1, -0.05) is 62.8 Å². The van der Waals surface area contributed by atoms with E-state index in [4.69, 9.17) is 0 Å². The number of unbranched alkanes of at least 4 members (excludes halogenated alkanes) is 1. The van der Waals surface area contributed by atoms with Crippen molar-refractivity contribution in [1.29, 1.82) is 0 Å². The Kier molecular flexibility index (Phi) is 5.49. The number of aliphatic imine (C=N–C) groups is 1. The second-order valence-electron chi connectivity index (χ2n) is 8.63. The van der Waals surface area contributed by atoms with E-state index in [0.29, 0.717) is 5.92 Å². The van der Waals surface area contributed by atoms with Gasteiger partial charge < -0.3 is 9.80 Å². The van der Waals surface area contributed by atoms with E-state index in [1.165, 1.54) is 46.5 Å². The fraction of sp³-hybridized carbons (Fsp3) is 0.423. The lowest BCUT2D eigenvalue weighted by molar-refractivity contribution is 0.295. The van der Waals surface area contributed by atoms with Crippen LogP contribution in [0.1, 0.15) is 43.7 Å². The zero-order valence-electron chi connectivity index (χ0n) is 18.0. The van der Waals surface area contributed by atoms with Gasteiger partial charge in [-0.2, -0.15) is 0 Å². The Morgan fingerprint density at radius 3 is 2.48 bits per heavy atom. The molecule has 3 heteroatoms. The molecular formula is C26H33N3. The van der Waals surface area contributed by atoms with E-state index >= 15 is 0 Å². The lowest BCUT2D eigenvalue weighted by Gasteiger charge is -2.38. The summed E-state index contributed by atoms with van der Waals surface area (Å²) in [5, 5.41) is 0. The second-order valence-corrected chi connectivity index (χ2v) is 8.63. The van der Waals surface area contributed by atoms with Crippen LogP contribution in [-0.4, -0.2) is 42.7 Å². The van der Waals surface area contributed by atoms with Crippen LogP contribution in [-0.2, 0) is 0 Å². The van der Waals surface area contributed by atoms with Gasteiger partial charge in [0.1, 0.15) is 0 Å². The first kappa shape index (κ1) is 19.8. The molecular weight excluding hydrogens is 354 g/mol. The van der Waals surface area contributed by atoms with Crippen molar-refractivity contribution < 1.29 is 0 Å². The predicted molar refractivity (Wildman–Crippen MR) is 124 cm³/mol. The van der Waals surface area contributed by atoms with Crippen molar-refractivity contribution in [2.45, 2.75) is 39.5 Å². The van der Waals surface area contributed by atoms with Gasteiger partial charge in [-0.05, 0) is 43.2 Å². The third-order valence-electron chi connectivity index (χ3n) is 6.66. The smallest absolute Gasteiger partial charge is 0.0580 e. The monoisotopic (exact) mass is 387 g/mol. The lowest BCUT2D eigenvalue weighted by atomic mass is 9.85. The molecule has 3 nitrogen and oxygen atoms in total. The van der Waals surface area contributed by atoms with Crippen LogP contribution in [0.5, 0.6) is 0 Å². The van der Waals surface area contributed by atoms with Gasteiger partial charge in [-0.3, -0.25) is 4.99 Å². The summed E-state index contributed by atoms with van der Waals surface area (Å²) < 4.78 is 0. The molecule has 0 amide bonds. The van der Waals surface area contributed by atoms with Crippen molar-refractivity contribution in [1.82, 2.24) is 9.80 Å². The average Bonchev–Trinajstić information content (AvgIpc) is 3.40. The molecule has 0 aliphatic carbocycles. The lowest BCUT2D eigenvalue weighted by Crippen LogP contribution is -2.37. The highest BCUT2D eigenvalue weighted by Gasteiger charge is 2.38. The summed E-state index contributed by atoms with van der Waals surface area (Å²) in [7, 11) is 0. The van der Waals surface area contributed by atoms with Crippen LogP contribution in [0.3, 0.4) is 0 Å². The number of hydrogen-bond donors (Lipinski definition) is 0. The van der Waals surface area contributed by atoms with Crippen LogP contribution in [0.4, 0.5) is 0 Å². The zero-order valence-corrected chi connectivity index (χ0v) is 18.0. The molecule has 0 saturated carbocycles. The summed E-state index contributed by atoms with van der Waals surface area (Å²) >= 11 is 0. The summed E-state index contributed by atoms with van der Waals surface area (Å²) in [6, 6.07) is 8.65. The van der Waals surface area contributed by atoms with Crippen LogP contribution in [0.25, 0.3) is 5.57 Å². The fourth-order valence-electron chi connectivity index (χ4n) is 4.76. The minimum atomic E-state index is 0.387. The van der Waals surface area contributed by atoms with E-state index in [-0.39, 0.29) is 0 Å². The normalized spacial score (nSPS) is 20.8. The highest BCUT2D eigenvalue weighted by molar-refractivity contribution is 5.79. The molecule has 29 heavy (non-hydrogen) atoms. The van der Waals surface area contributed by atoms with Gasteiger partial charge in [-0.15, -0.1) is 0 Å². The second kappa shape index (κ2) is 8.06. The van der Waals surface area contributed by atoms with E-state index in [1.807, 2.05) is 0 Å². The topological polar surface area (TPSA) is 18.6 Å². The molecule has 0 bridgehead atoms. The van der Waals surface area contributed by atoms with Crippen LogP contribution in [0.15, 0.2) is 70.7 Å². The van der Waals surface area contributed by atoms with Crippen molar-refractivity contribution in [3.05, 3.63) is 76.8 Å². The van der Waals surface area contributed by atoms with Crippen LogP contribution < -0.4 is 0 Å². The highest BCUT2D eigenvalue weighted by atomic mass is 15.3. The fourth-order valence-corrected chi connectivity index (χ4v) is 4.76. The maximum absolute atomic E-state index is 4.53. The summed E-state index contributed by atoms with van der Waals surface area (Å²) in [5.41, 5.74) is 10.1. The average molecular weight is 388 g/mol. The van der Waals surface area contributed by atoms with Crippen LogP contribution in [0.2, 0.25) is 0 Å². The predicted octanol–water partition coefficient (Wildman–Crippen LogP) is 5.57. The molecule has 4 rings (SSSR count). The molecule has 3 aliphatic heterocycles. The molecule has 0 radical (unpaired) electrons. The number of aryl methyl sites for hydroxylation is 1. The number of benzene rings is 1. The van der Waals surface area contributed by atoms with Crippen molar-refractivity contribution >= 4 is 12.3 Å². The molecule has 3 aliphatic rings. The van der Waals surface area contributed by atoms with Gasteiger partial charge in [0.05, 0.1) is 12.2 Å². The summed E-state index contributed by atoms with van der Waals surface area (Å²) in [5.74, 6) is 0.387. The number of rotatable bonds is 8. The third kappa shape index (κ3) is 3.83. The van der Waals surface area contributed by atoms with E-state index in [9.17, 15) is 0 Å². The molecule has 152 valence electrons. The van der Waals surface area contributed by atoms with Crippen molar-refractivity contribution in [2.75, 3.05) is 26.2 Å². The summed E-state index contributed by atoms with van der Waals surface area (Å²) in [6.45, 7) is 21.4. The summed E-state index contributed by atoms with van der Waals surface area (Å²) in [6.07, 6.45) is 4.67. The largest absolute Gasteiger partial charge is 0.367 e. The SMILES string of the molecule is C=NC1=C(C(=C)c2ccc(C)cc2)CN(C(=C)C2=C3CN3CC2)CC1CCCC. The van der Waals surface area contributed by atoms with Gasteiger partial charge in [0, 0.05) is 42.5 Å². The van der Waals surface area contributed by atoms with Crippen molar-refractivity contribution in [3.8, 4) is 0 Å². The molecule has 0 spiro atoms. The number of hydrogen-bond acceptors (Lipinski definition) is 3. The summed E-state index contributed by atoms with van der Waals surface area (Å²) in [4.78, 5) is 9.47. The van der Waals surface area contributed by atoms with E-state index in [2.05, 4.69) is 72.8 Å². The van der Waals surface area contributed by atoms with E-state index in [0.717, 1.165) is 50.3 Å². The Labute approximate surface area is 175 Å². The Balaban J connectivity index is 1.66. The first-order chi connectivity index (χ1) is 14.0. The van der Waals surface area contributed by atoms with Gasteiger partial charge in [0.15, 0.2) is 0 Å². The first-order valence-electron chi connectivity index (χ1n) is 10.9. The maximum Gasteiger partial charge on any atom is 0.0580 e. The van der Waals surface area contributed by atoms with Crippen LogP contribution in [0, 0.1) is 12.8 Å². The Morgan fingerprint density at radius 1 is 1.14 bits per heavy atom. The zero-order chi connectivity index (χ0) is 20.5. The number of allylic oxidation sites excluding steroid dienone is 1. The number of fused-ring (bicyclic) bond motifs is 1. The van der Waals surface area contributed by atoms with Gasteiger partial charge in [0.25, 0.3) is 0 Å². The van der Waals surface area contributed by atoms with Gasteiger partial charge in [-0.25, -0.2) is 0 Å².